The van der Waals surface area contributed by atoms with E-state index >= 15 is 0 Å². The fraction of sp³-hybridized carbons (Fsp3) is 0.526. The summed E-state index contributed by atoms with van der Waals surface area (Å²) in [6.45, 7) is -0.475. The van der Waals surface area contributed by atoms with Crippen molar-refractivity contribution in [1.82, 2.24) is 9.80 Å². The van der Waals surface area contributed by atoms with Crippen molar-refractivity contribution in [1.29, 1.82) is 0 Å². The number of amides is 2. The number of likely N-dealkylation sites (N-methyl/N-ethyl adjacent to an activating group) is 1. The lowest BCUT2D eigenvalue weighted by molar-refractivity contribution is -0.145. The van der Waals surface area contributed by atoms with Crippen molar-refractivity contribution in [2.24, 2.45) is 5.92 Å². The van der Waals surface area contributed by atoms with Crippen LogP contribution in [0, 0.1) is 17.6 Å². The molecule has 8 heteroatoms. The van der Waals surface area contributed by atoms with E-state index in [1.54, 1.807) is 0 Å². The SMILES string of the molecule is CN(CC(=O)O)C(=O)C1CC2CCCCC2N1C(=O)c1ccc(F)cc1F. The van der Waals surface area contributed by atoms with Gasteiger partial charge in [-0.05, 0) is 37.3 Å². The molecular weight excluding hydrogens is 358 g/mol. The van der Waals surface area contributed by atoms with Gasteiger partial charge in [0.15, 0.2) is 0 Å². The Morgan fingerprint density at radius 1 is 1.22 bits per heavy atom. The molecule has 0 bridgehead atoms. The van der Waals surface area contributed by atoms with Crippen LogP contribution in [0.4, 0.5) is 8.78 Å². The number of benzene rings is 1. The zero-order valence-corrected chi connectivity index (χ0v) is 15.0. The number of carbonyl (C=O) groups is 3. The van der Waals surface area contributed by atoms with E-state index in [4.69, 9.17) is 5.11 Å². The van der Waals surface area contributed by atoms with Crippen LogP contribution in [0.1, 0.15) is 42.5 Å². The van der Waals surface area contributed by atoms with Crippen LogP contribution in [0.25, 0.3) is 0 Å². The highest BCUT2D eigenvalue weighted by atomic mass is 19.1. The number of halogens is 2. The molecule has 1 aromatic carbocycles. The van der Waals surface area contributed by atoms with Crippen LogP contribution >= 0.6 is 0 Å². The lowest BCUT2D eigenvalue weighted by Gasteiger charge is -2.34. The molecular formula is C19H22F2N2O4. The van der Waals surface area contributed by atoms with Gasteiger partial charge in [0.05, 0.1) is 5.56 Å². The summed E-state index contributed by atoms with van der Waals surface area (Å²) in [6.07, 6.45) is 3.92. The van der Waals surface area contributed by atoms with Gasteiger partial charge in [-0.1, -0.05) is 12.8 Å². The summed E-state index contributed by atoms with van der Waals surface area (Å²) in [5.41, 5.74) is -0.277. The zero-order valence-electron chi connectivity index (χ0n) is 15.0. The molecule has 1 aliphatic carbocycles. The summed E-state index contributed by atoms with van der Waals surface area (Å²) >= 11 is 0. The first-order valence-corrected chi connectivity index (χ1v) is 9.04. The van der Waals surface area contributed by atoms with Gasteiger partial charge in [0.1, 0.15) is 24.2 Å². The number of nitrogens with zero attached hydrogens (tertiary/aromatic N) is 2. The minimum Gasteiger partial charge on any atom is -0.480 e. The number of carbonyl (C=O) groups excluding carboxylic acids is 2. The Balaban J connectivity index is 1.92. The van der Waals surface area contributed by atoms with Gasteiger partial charge in [-0.2, -0.15) is 0 Å². The van der Waals surface area contributed by atoms with E-state index in [0.29, 0.717) is 18.9 Å². The van der Waals surface area contributed by atoms with E-state index < -0.39 is 42.0 Å². The minimum absolute atomic E-state index is 0.124. The largest absolute Gasteiger partial charge is 0.480 e. The molecule has 0 radical (unpaired) electrons. The molecule has 3 atom stereocenters. The molecule has 146 valence electrons. The van der Waals surface area contributed by atoms with Gasteiger partial charge < -0.3 is 14.9 Å². The summed E-state index contributed by atoms with van der Waals surface area (Å²) in [7, 11) is 1.37. The van der Waals surface area contributed by atoms with Crippen LogP contribution in [-0.4, -0.2) is 58.4 Å². The van der Waals surface area contributed by atoms with Crippen LogP contribution in [-0.2, 0) is 9.59 Å². The van der Waals surface area contributed by atoms with Crippen molar-refractivity contribution >= 4 is 17.8 Å². The van der Waals surface area contributed by atoms with Gasteiger partial charge in [-0.3, -0.25) is 14.4 Å². The Morgan fingerprint density at radius 2 is 1.93 bits per heavy atom. The lowest BCUT2D eigenvalue weighted by atomic mass is 9.84. The van der Waals surface area contributed by atoms with E-state index in [2.05, 4.69) is 0 Å². The smallest absolute Gasteiger partial charge is 0.323 e. The Labute approximate surface area is 155 Å². The average molecular weight is 380 g/mol. The highest BCUT2D eigenvalue weighted by Crippen LogP contribution is 2.41. The van der Waals surface area contributed by atoms with Gasteiger partial charge in [0.2, 0.25) is 5.91 Å². The van der Waals surface area contributed by atoms with Crippen LogP contribution in [0.2, 0.25) is 0 Å². The molecule has 1 N–H and O–H groups in total. The van der Waals surface area contributed by atoms with Crippen molar-refractivity contribution in [3.05, 3.63) is 35.4 Å². The number of hydrogen-bond acceptors (Lipinski definition) is 3. The first-order valence-electron chi connectivity index (χ1n) is 9.04. The quantitative estimate of drug-likeness (QED) is 0.869. The van der Waals surface area contributed by atoms with Crippen molar-refractivity contribution in [2.45, 2.75) is 44.2 Å². The van der Waals surface area contributed by atoms with Gasteiger partial charge >= 0.3 is 5.97 Å². The third-order valence-corrected chi connectivity index (χ3v) is 5.52. The van der Waals surface area contributed by atoms with Crippen LogP contribution < -0.4 is 0 Å². The Morgan fingerprint density at radius 3 is 2.59 bits per heavy atom. The maximum Gasteiger partial charge on any atom is 0.323 e. The molecule has 6 nitrogen and oxygen atoms in total. The Kier molecular flexibility index (Phi) is 5.43. The summed E-state index contributed by atoms with van der Waals surface area (Å²) < 4.78 is 27.4. The normalized spacial score (nSPS) is 24.4. The molecule has 1 aliphatic heterocycles. The molecule has 0 spiro atoms. The monoisotopic (exact) mass is 380 g/mol. The van der Waals surface area contributed by atoms with Gasteiger partial charge in [-0.15, -0.1) is 0 Å². The number of aliphatic carboxylic acids is 1. The second kappa shape index (κ2) is 7.62. The van der Waals surface area contributed by atoms with E-state index in [0.717, 1.165) is 36.3 Å². The fourth-order valence-electron chi connectivity index (χ4n) is 4.31. The van der Waals surface area contributed by atoms with Crippen LogP contribution in [0.3, 0.4) is 0 Å². The average Bonchev–Trinajstić information content (AvgIpc) is 2.99. The summed E-state index contributed by atoms with van der Waals surface area (Å²) in [4.78, 5) is 39.3. The highest BCUT2D eigenvalue weighted by Gasteiger charge is 2.48. The van der Waals surface area contributed by atoms with E-state index in [1.807, 2.05) is 0 Å². The summed E-state index contributed by atoms with van der Waals surface area (Å²) in [5.74, 6) is -3.90. The van der Waals surface area contributed by atoms with Gasteiger partial charge in [0, 0.05) is 19.2 Å². The maximum absolute atomic E-state index is 14.2. The van der Waals surface area contributed by atoms with Gasteiger partial charge in [-0.25, -0.2) is 8.78 Å². The summed E-state index contributed by atoms with van der Waals surface area (Å²) in [6, 6.07) is 1.72. The lowest BCUT2D eigenvalue weighted by Crippen LogP contribution is -2.50. The number of likely N-dealkylation sites (tertiary alicyclic amines) is 1. The third kappa shape index (κ3) is 3.79. The minimum atomic E-state index is -1.15. The van der Waals surface area contributed by atoms with E-state index in [1.165, 1.54) is 11.9 Å². The predicted octanol–water partition coefficient (Wildman–Crippen LogP) is 2.28. The van der Waals surface area contributed by atoms with Crippen molar-refractivity contribution in [3.8, 4) is 0 Å². The molecule has 1 saturated heterocycles. The maximum atomic E-state index is 14.2. The number of hydrogen-bond donors (Lipinski definition) is 1. The Bertz CT molecular complexity index is 770. The second-order valence-corrected chi connectivity index (χ2v) is 7.29. The van der Waals surface area contributed by atoms with Crippen molar-refractivity contribution < 1.29 is 28.3 Å². The number of rotatable bonds is 4. The first-order chi connectivity index (χ1) is 12.8. The summed E-state index contributed by atoms with van der Waals surface area (Å²) in [5, 5.41) is 8.94. The fourth-order valence-corrected chi connectivity index (χ4v) is 4.31. The topological polar surface area (TPSA) is 77.9 Å². The molecule has 2 fully saturated rings. The third-order valence-electron chi connectivity index (χ3n) is 5.52. The highest BCUT2D eigenvalue weighted by molar-refractivity contribution is 5.98. The number of carboxylic acids is 1. The zero-order chi connectivity index (χ0) is 19.7. The molecule has 1 saturated carbocycles. The molecule has 1 heterocycles. The molecule has 3 rings (SSSR count). The van der Waals surface area contributed by atoms with Crippen molar-refractivity contribution in [2.75, 3.05) is 13.6 Å². The standard InChI is InChI=1S/C19H22F2N2O4/c1-22(10-17(24)25)19(27)16-8-11-4-2-3-5-15(11)23(16)18(26)13-7-6-12(20)9-14(13)21/h6-7,9,11,15-16H,2-5,8,10H2,1H3,(H,24,25). The molecule has 2 aliphatic rings. The molecule has 1 aromatic rings. The molecule has 3 unspecified atom stereocenters. The van der Waals surface area contributed by atoms with E-state index in [9.17, 15) is 23.2 Å². The molecule has 27 heavy (non-hydrogen) atoms. The van der Waals surface area contributed by atoms with Crippen LogP contribution in [0.5, 0.6) is 0 Å². The van der Waals surface area contributed by atoms with Crippen molar-refractivity contribution in [3.63, 3.8) is 0 Å². The molecule has 2 amide bonds. The van der Waals surface area contributed by atoms with Crippen LogP contribution in [0.15, 0.2) is 18.2 Å². The first kappa shape index (κ1) is 19.3. The Hall–Kier alpha value is -2.51. The second-order valence-electron chi connectivity index (χ2n) is 7.29. The predicted molar refractivity (Wildman–Crippen MR) is 92.0 cm³/mol. The van der Waals surface area contributed by atoms with Gasteiger partial charge in [0.25, 0.3) is 5.91 Å². The molecule has 0 aromatic heterocycles. The van der Waals surface area contributed by atoms with E-state index in [-0.39, 0.29) is 17.5 Å². The number of fused-ring (bicyclic) bond motifs is 1. The number of carboxylic acid groups (broad SMARTS) is 1.